The lowest BCUT2D eigenvalue weighted by Gasteiger charge is -2.10. The number of hydrogen-bond donors (Lipinski definition) is 0. The van der Waals surface area contributed by atoms with Gasteiger partial charge in [-0.2, -0.15) is 0 Å². The van der Waals surface area contributed by atoms with Crippen LogP contribution in [0.1, 0.15) is 78.1 Å². The number of carbonyl (C=O) groups is 2. The lowest BCUT2D eigenvalue weighted by molar-refractivity contribution is -0.141. The molecular weight excluding hydrogens is 308 g/mol. The number of carbonyl (C=O) groups excluding carboxylic acids is 2. The van der Waals surface area contributed by atoms with E-state index in [1.807, 2.05) is 0 Å². The molecule has 0 aromatic carbocycles. The van der Waals surface area contributed by atoms with Crippen LogP contribution >= 0.6 is 0 Å². The molecule has 134 valence electrons. The van der Waals surface area contributed by atoms with Gasteiger partial charge in [0, 0.05) is 13.0 Å². The van der Waals surface area contributed by atoms with Crippen molar-refractivity contribution in [3.8, 4) is 0 Å². The maximum Gasteiger partial charge on any atom is 0.358 e. The second-order valence-corrected chi connectivity index (χ2v) is 5.93. The van der Waals surface area contributed by atoms with Crippen LogP contribution < -0.4 is 0 Å². The van der Waals surface area contributed by atoms with E-state index in [1.165, 1.54) is 51.5 Å². The highest BCUT2D eigenvalue weighted by atomic mass is 16.7. The molecule has 0 aliphatic heterocycles. The van der Waals surface area contributed by atoms with Crippen molar-refractivity contribution in [1.29, 1.82) is 0 Å². The predicted molar refractivity (Wildman–Crippen MR) is 93.7 cm³/mol. The molecule has 2 aliphatic rings. The third-order valence-corrected chi connectivity index (χ3v) is 3.73. The van der Waals surface area contributed by atoms with Gasteiger partial charge in [-0.3, -0.25) is 0 Å². The average molecular weight is 336 g/mol. The fraction of sp³-hybridized carbons (Fsp3) is 0.667. The third-order valence-electron chi connectivity index (χ3n) is 3.73. The molecule has 0 radical (unpaired) electrons. The fourth-order valence-electron chi connectivity index (χ4n) is 2.51. The van der Waals surface area contributed by atoms with Crippen molar-refractivity contribution in [3.05, 3.63) is 12.2 Å². The summed E-state index contributed by atoms with van der Waals surface area (Å²) in [7, 11) is 0. The number of allylic oxidation sites excluding steroid dienone is 1. The Kier molecular flexibility index (Phi) is 10.4. The fourth-order valence-corrected chi connectivity index (χ4v) is 2.51. The quantitative estimate of drug-likeness (QED) is 0.437. The van der Waals surface area contributed by atoms with Crippen molar-refractivity contribution in [2.24, 2.45) is 10.3 Å². The number of hydrogen-bond acceptors (Lipinski definition) is 6. The van der Waals surface area contributed by atoms with Gasteiger partial charge < -0.3 is 9.68 Å². The van der Waals surface area contributed by atoms with E-state index in [-0.39, 0.29) is 11.9 Å². The Morgan fingerprint density at radius 1 is 0.833 bits per heavy atom. The molecule has 2 rings (SSSR count). The summed E-state index contributed by atoms with van der Waals surface area (Å²) < 4.78 is 0. The first-order chi connectivity index (χ1) is 11.6. The maximum absolute atomic E-state index is 10.9. The van der Waals surface area contributed by atoms with Crippen LogP contribution in [0.5, 0.6) is 0 Å². The number of nitrogens with zero attached hydrogens (tertiary/aromatic N) is 2. The monoisotopic (exact) mass is 336 g/mol. The molecule has 0 aromatic heterocycles. The molecule has 0 bridgehead atoms. The molecule has 24 heavy (non-hydrogen) atoms. The summed E-state index contributed by atoms with van der Waals surface area (Å²) >= 11 is 0. The summed E-state index contributed by atoms with van der Waals surface area (Å²) in [6, 6.07) is 0. The Hall–Kier alpha value is -1.98. The van der Waals surface area contributed by atoms with Gasteiger partial charge in [0.2, 0.25) is 0 Å². The van der Waals surface area contributed by atoms with Crippen LogP contribution in [-0.2, 0) is 19.3 Å². The lowest BCUT2D eigenvalue weighted by atomic mass is 9.99. The largest absolute Gasteiger partial charge is 0.358 e. The highest BCUT2D eigenvalue weighted by Gasteiger charge is 2.08. The minimum Gasteiger partial charge on any atom is -0.319 e. The summed E-state index contributed by atoms with van der Waals surface area (Å²) in [6.45, 7) is 3.14. The van der Waals surface area contributed by atoms with Gasteiger partial charge in [-0.25, -0.2) is 9.59 Å². The Morgan fingerprint density at radius 3 is 1.71 bits per heavy atom. The molecule has 0 N–H and O–H groups in total. The van der Waals surface area contributed by atoms with Crippen LogP contribution in [0.4, 0.5) is 0 Å². The van der Waals surface area contributed by atoms with Gasteiger partial charge >= 0.3 is 11.9 Å². The van der Waals surface area contributed by atoms with Crippen molar-refractivity contribution in [1.82, 2.24) is 0 Å². The van der Waals surface area contributed by atoms with Gasteiger partial charge in [-0.1, -0.05) is 29.2 Å². The lowest BCUT2D eigenvalue weighted by Crippen LogP contribution is -2.06. The molecule has 0 saturated heterocycles. The van der Waals surface area contributed by atoms with Crippen molar-refractivity contribution in [3.63, 3.8) is 0 Å². The van der Waals surface area contributed by atoms with Gasteiger partial charge in [-0.05, 0) is 58.3 Å². The topological polar surface area (TPSA) is 77.3 Å². The van der Waals surface area contributed by atoms with Crippen molar-refractivity contribution < 1.29 is 19.3 Å². The molecule has 0 heterocycles. The summed E-state index contributed by atoms with van der Waals surface area (Å²) in [5, 5.41) is 7.57. The van der Waals surface area contributed by atoms with Gasteiger partial charge in [0.15, 0.2) is 0 Å². The second-order valence-electron chi connectivity index (χ2n) is 5.93. The summed E-state index contributed by atoms with van der Waals surface area (Å²) in [5.74, 6) is -0.719. The average Bonchev–Trinajstić information content (AvgIpc) is 2.61. The van der Waals surface area contributed by atoms with Crippen LogP contribution in [-0.4, -0.2) is 23.4 Å². The van der Waals surface area contributed by atoms with E-state index in [0.29, 0.717) is 0 Å². The smallest absolute Gasteiger partial charge is 0.319 e. The molecule has 0 spiro atoms. The maximum atomic E-state index is 10.9. The van der Waals surface area contributed by atoms with Gasteiger partial charge in [-0.15, -0.1) is 0 Å². The molecule has 6 heteroatoms. The van der Waals surface area contributed by atoms with E-state index in [0.717, 1.165) is 37.1 Å². The van der Waals surface area contributed by atoms with E-state index in [2.05, 4.69) is 20.0 Å². The van der Waals surface area contributed by atoms with Crippen LogP contribution in [0.15, 0.2) is 22.5 Å². The van der Waals surface area contributed by atoms with Crippen LogP contribution in [0, 0.1) is 0 Å². The van der Waals surface area contributed by atoms with Crippen LogP contribution in [0.3, 0.4) is 0 Å². The molecule has 0 aromatic rings. The summed E-state index contributed by atoms with van der Waals surface area (Å²) in [4.78, 5) is 30.4. The zero-order valence-corrected chi connectivity index (χ0v) is 14.8. The Morgan fingerprint density at radius 2 is 1.29 bits per heavy atom. The minimum atomic E-state index is -0.388. The number of rotatable bonds is 3. The molecule has 0 atom stereocenters. The summed E-state index contributed by atoms with van der Waals surface area (Å²) in [5.41, 5.74) is 2.05. The Labute approximate surface area is 143 Å². The van der Waals surface area contributed by atoms with E-state index in [1.54, 1.807) is 13.0 Å². The van der Waals surface area contributed by atoms with Crippen LogP contribution in [0.25, 0.3) is 0 Å². The van der Waals surface area contributed by atoms with Crippen molar-refractivity contribution in [2.75, 3.05) is 0 Å². The molecule has 2 fully saturated rings. The predicted octanol–water partition coefficient (Wildman–Crippen LogP) is 4.30. The molecule has 6 nitrogen and oxygen atoms in total. The first kappa shape index (κ1) is 20.1. The molecule has 0 amide bonds. The molecule has 0 unspecified atom stereocenters. The van der Waals surface area contributed by atoms with Gasteiger partial charge in [0.25, 0.3) is 0 Å². The Bertz CT molecular complexity index is 479. The van der Waals surface area contributed by atoms with Gasteiger partial charge in [0.05, 0.1) is 11.4 Å². The molecule has 2 saturated carbocycles. The molecule has 2 aliphatic carbocycles. The van der Waals surface area contributed by atoms with Crippen LogP contribution in [0.2, 0.25) is 0 Å². The van der Waals surface area contributed by atoms with Gasteiger partial charge in [0.1, 0.15) is 0 Å². The van der Waals surface area contributed by atoms with Crippen molar-refractivity contribution >= 4 is 23.4 Å². The zero-order valence-electron chi connectivity index (χ0n) is 14.8. The first-order valence-electron chi connectivity index (χ1n) is 8.74. The molecular formula is C18H28N2O4. The SMILES string of the molecule is C/C=C/C(=O)ON=C1CCCCC1.CC(=O)ON=C1CCCCC1. The first-order valence-corrected chi connectivity index (χ1v) is 8.74. The van der Waals surface area contributed by atoms with E-state index in [9.17, 15) is 9.59 Å². The van der Waals surface area contributed by atoms with E-state index >= 15 is 0 Å². The van der Waals surface area contributed by atoms with Crippen molar-refractivity contribution in [2.45, 2.75) is 78.1 Å². The summed E-state index contributed by atoms with van der Waals surface area (Å²) in [6.07, 6.45) is 14.2. The number of oxime groups is 2. The van der Waals surface area contributed by atoms with E-state index in [4.69, 9.17) is 0 Å². The zero-order chi connectivity index (χ0) is 17.6. The third kappa shape index (κ3) is 9.92. The normalized spacial score (nSPS) is 17.6. The van der Waals surface area contributed by atoms with E-state index < -0.39 is 0 Å². The second kappa shape index (κ2) is 12.4. The highest BCUT2D eigenvalue weighted by molar-refractivity contribution is 5.87. The Balaban J connectivity index is 0.000000243. The minimum absolute atomic E-state index is 0.330. The standard InChI is InChI=1S/C10H15NO2.C8H13NO2/c1-2-6-10(12)13-11-9-7-4-3-5-8-9;1-7(10)11-9-8-5-3-2-4-6-8/h2,6H,3-5,7-8H2,1H3;2-6H2,1H3/b6-2+;. The highest BCUT2D eigenvalue weighted by Crippen LogP contribution is 2.15.